The first-order valence-electron chi connectivity index (χ1n) is 7.11. The zero-order valence-corrected chi connectivity index (χ0v) is 12.0. The molecule has 1 aromatic carbocycles. The van der Waals surface area contributed by atoms with Gasteiger partial charge in [0, 0.05) is 18.6 Å². The number of hydrogen-bond donors (Lipinski definition) is 2. The average Bonchev–Trinajstić information content (AvgIpc) is 2.36. The van der Waals surface area contributed by atoms with Crippen molar-refractivity contribution < 1.29 is 0 Å². The van der Waals surface area contributed by atoms with Crippen LogP contribution in [0.5, 0.6) is 0 Å². The number of rotatable bonds is 5. The van der Waals surface area contributed by atoms with Crippen molar-refractivity contribution in [3.63, 3.8) is 0 Å². The van der Waals surface area contributed by atoms with Crippen molar-refractivity contribution in [1.29, 1.82) is 0 Å². The van der Waals surface area contributed by atoms with Gasteiger partial charge in [0.1, 0.15) is 0 Å². The van der Waals surface area contributed by atoms with Crippen molar-refractivity contribution >= 4 is 0 Å². The van der Waals surface area contributed by atoms with E-state index in [1.165, 1.54) is 31.2 Å². The Labute approximate surface area is 111 Å². The third-order valence-electron chi connectivity index (χ3n) is 3.80. The first-order chi connectivity index (χ1) is 8.61. The molecule has 0 saturated carbocycles. The first-order valence-corrected chi connectivity index (χ1v) is 7.11. The van der Waals surface area contributed by atoms with E-state index < -0.39 is 0 Å². The maximum absolute atomic E-state index is 3.62. The second-order valence-electron chi connectivity index (χ2n) is 6.08. The fourth-order valence-electron chi connectivity index (χ4n) is 2.74. The van der Waals surface area contributed by atoms with Crippen molar-refractivity contribution in [2.75, 3.05) is 13.6 Å². The van der Waals surface area contributed by atoms with E-state index in [0.717, 1.165) is 13.1 Å². The Morgan fingerprint density at radius 2 is 1.83 bits per heavy atom. The molecular formula is C16H26N2. The van der Waals surface area contributed by atoms with Gasteiger partial charge in [-0.05, 0) is 63.3 Å². The standard InChI is InChI=1S/C16H26N2/c1-16(2,12-17-3)18-11-13-8-9-14-6-4-5-7-15(14)10-13/h8-10,17-18H,4-7,11-12H2,1-3H3. The van der Waals surface area contributed by atoms with Crippen LogP contribution in [0.15, 0.2) is 18.2 Å². The van der Waals surface area contributed by atoms with Gasteiger partial charge in [0.05, 0.1) is 0 Å². The van der Waals surface area contributed by atoms with Crippen LogP contribution in [0, 0.1) is 0 Å². The Morgan fingerprint density at radius 1 is 1.11 bits per heavy atom. The molecule has 0 aromatic heterocycles. The van der Waals surface area contributed by atoms with E-state index in [4.69, 9.17) is 0 Å². The van der Waals surface area contributed by atoms with Crippen molar-refractivity contribution in [2.45, 2.75) is 51.6 Å². The molecule has 0 amide bonds. The normalized spacial score (nSPS) is 15.5. The van der Waals surface area contributed by atoms with E-state index in [9.17, 15) is 0 Å². The molecule has 0 fully saturated rings. The van der Waals surface area contributed by atoms with Gasteiger partial charge in [0.15, 0.2) is 0 Å². The second kappa shape index (κ2) is 5.85. The van der Waals surface area contributed by atoms with Gasteiger partial charge >= 0.3 is 0 Å². The highest BCUT2D eigenvalue weighted by Gasteiger charge is 2.16. The lowest BCUT2D eigenvalue weighted by Gasteiger charge is -2.26. The summed E-state index contributed by atoms with van der Waals surface area (Å²) in [5, 5.41) is 6.85. The van der Waals surface area contributed by atoms with Crippen molar-refractivity contribution in [2.24, 2.45) is 0 Å². The van der Waals surface area contributed by atoms with Crippen LogP contribution in [0.25, 0.3) is 0 Å². The Balaban J connectivity index is 1.98. The van der Waals surface area contributed by atoms with Gasteiger partial charge in [-0.15, -0.1) is 0 Å². The quantitative estimate of drug-likeness (QED) is 0.834. The van der Waals surface area contributed by atoms with Crippen LogP contribution in [0.3, 0.4) is 0 Å². The molecule has 0 aliphatic heterocycles. The minimum Gasteiger partial charge on any atom is -0.318 e. The van der Waals surface area contributed by atoms with Crippen LogP contribution in [0.4, 0.5) is 0 Å². The summed E-state index contributed by atoms with van der Waals surface area (Å²) in [5.41, 5.74) is 4.70. The van der Waals surface area contributed by atoms with E-state index in [2.05, 4.69) is 42.7 Å². The first kappa shape index (κ1) is 13.6. The highest BCUT2D eigenvalue weighted by molar-refractivity contribution is 5.33. The van der Waals surface area contributed by atoms with Crippen LogP contribution in [-0.4, -0.2) is 19.1 Å². The molecule has 2 N–H and O–H groups in total. The van der Waals surface area contributed by atoms with E-state index in [1.807, 2.05) is 7.05 Å². The van der Waals surface area contributed by atoms with Crippen molar-refractivity contribution in [3.05, 3.63) is 34.9 Å². The van der Waals surface area contributed by atoms with Gasteiger partial charge in [-0.25, -0.2) is 0 Å². The molecule has 0 heterocycles. The number of benzene rings is 1. The summed E-state index contributed by atoms with van der Waals surface area (Å²) in [4.78, 5) is 0. The Bertz CT molecular complexity index is 396. The van der Waals surface area contributed by atoms with E-state index in [1.54, 1.807) is 11.1 Å². The van der Waals surface area contributed by atoms with Gasteiger partial charge in [-0.1, -0.05) is 18.2 Å². The predicted molar refractivity (Wildman–Crippen MR) is 77.9 cm³/mol. The summed E-state index contributed by atoms with van der Waals surface area (Å²) < 4.78 is 0. The van der Waals surface area contributed by atoms with Gasteiger partial charge < -0.3 is 10.6 Å². The van der Waals surface area contributed by atoms with Crippen LogP contribution in [0.1, 0.15) is 43.4 Å². The summed E-state index contributed by atoms with van der Waals surface area (Å²) >= 11 is 0. The Morgan fingerprint density at radius 3 is 2.56 bits per heavy atom. The van der Waals surface area contributed by atoms with Crippen LogP contribution >= 0.6 is 0 Å². The molecule has 1 aliphatic rings. The molecule has 0 radical (unpaired) electrons. The minimum atomic E-state index is 0.144. The molecular weight excluding hydrogens is 220 g/mol. The highest BCUT2D eigenvalue weighted by Crippen LogP contribution is 2.22. The molecule has 2 nitrogen and oxygen atoms in total. The second-order valence-corrected chi connectivity index (χ2v) is 6.08. The summed E-state index contributed by atoms with van der Waals surface area (Å²) in [6.07, 6.45) is 5.26. The monoisotopic (exact) mass is 246 g/mol. The lowest BCUT2D eigenvalue weighted by Crippen LogP contribution is -2.46. The van der Waals surface area contributed by atoms with E-state index in [0.29, 0.717) is 0 Å². The Hall–Kier alpha value is -0.860. The molecule has 0 saturated heterocycles. The molecule has 0 bridgehead atoms. The Kier molecular flexibility index (Phi) is 4.41. The van der Waals surface area contributed by atoms with Crippen molar-refractivity contribution in [1.82, 2.24) is 10.6 Å². The molecule has 0 atom stereocenters. The molecule has 18 heavy (non-hydrogen) atoms. The molecule has 0 spiro atoms. The maximum atomic E-state index is 3.62. The topological polar surface area (TPSA) is 24.1 Å². The molecule has 100 valence electrons. The summed E-state index contributed by atoms with van der Waals surface area (Å²) in [6.45, 7) is 6.42. The third-order valence-corrected chi connectivity index (χ3v) is 3.80. The fourth-order valence-corrected chi connectivity index (χ4v) is 2.74. The SMILES string of the molecule is CNCC(C)(C)NCc1ccc2c(c1)CCCC2. The van der Waals surface area contributed by atoms with Crippen molar-refractivity contribution in [3.8, 4) is 0 Å². The lowest BCUT2D eigenvalue weighted by atomic mass is 9.90. The van der Waals surface area contributed by atoms with Gasteiger partial charge in [-0.2, -0.15) is 0 Å². The average molecular weight is 246 g/mol. The zero-order valence-electron chi connectivity index (χ0n) is 12.0. The summed E-state index contributed by atoms with van der Waals surface area (Å²) in [7, 11) is 2.00. The molecule has 2 rings (SSSR count). The van der Waals surface area contributed by atoms with E-state index >= 15 is 0 Å². The van der Waals surface area contributed by atoms with Crippen LogP contribution in [-0.2, 0) is 19.4 Å². The largest absolute Gasteiger partial charge is 0.318 e. The lowest BCUT2D eigenvalue weighted by molar-refractivity contribution is 0.374. The minimum absolute atomic E-state index is 0.144. The fraction of sp³-hybridized carbons (Fsp3) is 0.625. The summed E-state index contributed by atoms with van der Waals surface area (Å²) in [6, 6.07) is 7.01. The molecule has 0 unspecified atom stereocenters. The van der Waals surface area contributed by atoms with Gasteiger partial charge in [-0.3, -0.25) is 0 Å². The van der Waals surface area contributed by atoms with Gasteiger partial charge in [0.25, 0.3) is 0 Å². The smallest absolute Gasteiger partial charge is 0.0252 e. The van der Waals surface area contributed by atoms with E-state index in [-0.39, 0.29) is 5.54 Å². The predicted octanol–water partition coefficient (Wildman–Crippen LogP) is 2.65. The highest BCUT2D eigenvalue weighted by atomic mass is 15.0. The number of nitrogens with one attached hydrogen (secondary N) is 2. The van der Waals surface area contributed by atoms with Crippen LogP contribution < -0.4 is 10.6 Å². The van der Waals surface area contributed by atoms with Crippen LogP contribution in [0.2, 0.25) is 0 Å². The zero-order chi connectivity index (χ0) is 13.0. The molecule has 2 heteroatoms. The number of aryl methyl sites for hydroxylation is 2. The number of fused-ring (bicyclic) bond motifs is 1. The number of likely N-dealkylation sites (N-methyl/N-ethyl adjacent to an activating group) is 1. The maximum Gasteiger partial charge on any atom is 0.0252 e. The molecule has 1 aliphatic carbocycles. The molecule has 1 aromatic rings. The summed E-state index contributed by atoms with van der Waals surface area (Å²) in [5.74, 6) is 0. The third kappa shape index (κ3) is 3.56. The van der Waals surface area contributed by atoms with Gasteiger partial charge in [0.2, 0.25) is 0 Å². The number of hydrogen-bond acceptors (Lipinski definition) is 2.